The Kier molecular flexibility index (Phi) is 5.62. The lowest BCUT2D eigenvalue weighted by molar-refractivity contribution is -0.134. The van der Waals surface area contributed by atoms with Crippen molar-refractivity contribution in [1.82, 2.24) is 4.90 Å². The fourth-order valence-corrected chi connectivity index (χ4v) is 2.49. The van der Waals surface area contributed by atoms with Gasteiger partial charge in [-0.1, -0.05) is 6.08 Å². The number of esters is 1. The zero-order chi connectivity index (χ0) is 17.1. The molecule has 1 amide bonds. The highest BCUT2D eigenvalue weighted by Crippen LogP contribution is 2.34. The minimum Gasteiger partial charge on any atom is -0.466 e. The Hall–Kier alpha value is -1.56. The number of hydrogen-bond donors (Lipinski definition) is 0. The molecule has 0 bridgehead atoms. The van der Waals surface area contributed by atoms with Gasteiger partial charge in [0.1, 0.15) is 11.3 Å². The Bertz CT molecular complexity index is 450. The van der Waals surface area contributed by atoms with Crippen LogP contribution in [0.4, 0.5) is 4.79 Å². The van der Waals surface area contributed by atoms with Gasteiger partial charge < -0.3 is 14.2 Å². The van der Waals surface area contributed by atoms with Crippen molar-refractivity contribution in [1.29, 1.82) is 0 Å². The molecule has 6 nitrogen and oxygen atoms in total. The van der Waals surface area contributed by atoms with Gasteiger partial charge in [-0.2, -0.15) is 0 Å². The molecule has 0 unspecified atom stereocenters. The van der Waals surface area contributed by atoms with E-state index in [1.165, 1.54) is 13.2 Å². The van der Waals surface area contributed by atoms with Crippen LogP contribution in [0.15, 0.2) is 12.2 Å². The first kappa shape index (κ1) is 18.5. The van der Waals surface area contributed by atoms with Crippen LogP contribution in [0, 0.1) is 0 Å². The van der Waals surface area contributed by atoms with E-state index in [1.807, 2.05) is 41.5 Å². The molecule has 0 saturated carbocycles. The lowest BCUT2D eigenvalue weighted by Gasteiger charge is -2.34. The van der Waals surface area contributed by atoms with E-state index in [4.69, 9.17) is 9.47 Å². The maximum absolute atomic E-state index is 12.4. The van der Waals surface area contributed by atoms with Crippen molar-refractivity contribution in [2.75, 3.05) is 7.11 Å². The van der Waals surface area contributed by atoms with Crippen molar-refractivity contribution < 1.29 is 23.8 Å². The molecule has 1 rings (SSSR count). The molecule has 22 heavy (non-hydrogen) atoms. The first-order valence-corrected chi connectivity index (χ1v) is 7.42. The summed E-state index contributed by atoms with van der Waals surface area (Å²) < 4.78 is 15.9. The molecule has 0 aromatic heterocycles. The van der Waals surface area contributed by atoms with Crippen LogP contribution in [-0.2, 0) is 19.0 Å². The van der Waals surface area contributed by atoms with Crippen molar-refractivity contribution in [3.05, 3.63) is 12.2 Å². The molecule has 1 heterocycles. The van der Waals surface area contributed by atoms with Gasteiger partial charge in [-0.25, -0.2) is 9.59 Å². The summed E-state index contributed by atoms with van der Waals surface area (Å²) in [7, 11) is 1.33. The molecule has 1 saturated heterocycles. The molecule has 126 valence electrons. The molecular weight excluding hydrogens is 286 g/mol. The van der Waals surface area contributed by atoms with E-state index in [0.717, 1.165) is 0 Å². The quantitative estimate of drug-likeness (QED) is 0.592. The topological polar surface area (TPSA) is 65.1 Å². The number of ether oxygens (including phenoxy) is 3. The third kappa shape index (κ3) is 4.73. The summed E-state index contributed by atoms with van der Waals surface area (Å²) in [4.78, 5) is 25.1. The number of amides is 1. The smallest absolute Gasteiger partial charge is 0.412 e. The molecule has 1 aliphatic rings. The van der Waals surface area contributed by atoms with E-state index in [1.54, 1.807) is 11.0 Å². The fraction of sp³-hybridized carbons (Fsp3) is 0.750. The molecule has 0 aliphatic carbocycles. The molecule has 2 atom stereocenters. The Morgan fingerprint density at radius 3 is 2.41 bits per heavy atom. The van der Waals surface area contributed by atoms with Gasteiger partial charge >= 0.3 is 12.1 Å². The lowest BCUT2D eigenvalue weighted by atomic mass is 10.1. The molecule has 0 N–H and O–H groups in total. The zero-order valence-electron chi connectivity index (χ0n) is 14.5. The summed E-state index contributed by atoms with van der Waals surface area (Å²) in [6.45, 7) is 11.1. The molecule has 0 radical (unpaired) electrons. The van der Waals surface area contributed by atoms with Crippen molar-refractivity contribution in [3.8, 4) is 0 Å². The monoisotopic (exact) mass is 313 g/mol. The normalized spacial score (nSPS) is 24.6. The van der Waals surface area contributed by atoms with E-state index in [9.17, 15) is 9.59 Å². The van der Waals surface area contributed by atoms with Crippen LogP contribution >= 0.6 is 0 Å². The number of rotatable bonds is 3. The number of nitrogens with zero attached hydrogens (tertiary/aromatic N) is 1. The van der Waals surface area contributed by atoms with Crippen LogP contribution in [0.5, 0.6) is 0 Å². The SMILES string of the molecule is COC(=O)/C=C/C[C@H]1OC(C)(C)N(C(=O)OC(C)(C)C)[C@@H]1C. The van der Waals surface area contributed by atoms with Gasteiger partial charge in [0.25, 0.3) is 0 Å². The Labute approximate surface area is 132 Å². The Morgan fingerprint density at radius 2 is 1.91 bits per heavy atom. The number of methoxy groups -OCH3 is 1. The summed E-state index contributed by atoms with van der Waals surface area (Å²) in [5, 5.41) is 0. The second-order valence-electron chi connectivity index (χ2n) is 6.86. The molecule has 1 aliphatic heterocycles. The summed E-state index contributed by atoms with van der Waals surface area (Å²) in [6.07, 6.45) is 2.97. The highest BCUT2D eigenvalue weighted by molar-refractivity contribution is 5.81. The Morgan fingerprint density at radius 1 is 1.32 bits per heavy atom. The molecule has 6 heteroatoms. The summed E-state index contributed by atoms with van der Waals surface area (Å²) in [5.74, 6) is -0.408. The minimum atomic E-state index is -0.758. The van der Waals surface area contributed by atoms with E-state index in [-0.39, 0.29) is 12.1 Å². The van der Waals surface area contributed by atoms with Crippen LogP contribution in [0.25, 0.3) is 0 Å². The van der Waals surface area contributed by atoms with Gasteiger partial charge in [-0.3, -0.25) is 4.90 Å². The van der Waals surface area contributed by atoms with Crippen LogP contribution in [0.3, 0.4) is 0 Å². The number of carbonyl (C=O) groups excluding carboxylic acids is 2. The molecule has 0 aromatic rings. The van der Waals surface area contributed by atoms with Crippen LogP contribution in [0.2, 0.25) is 0 Å². The lowest BCUT2D eigenvalue weighted by Crippen LogP contribution is -2.49. The van der Waals surface area contributed by atoms with Gasteiger partial charge in [0.2, 0.25) is 0 Å². The first-order valence-electron chi connectivity index (χ1n) is 7.42. The van der Waals surface area contributed by atoms with E-state index < -0.39 is 23.4 Å². The van der Waals surface area contributed by atoms with Gasteiger partial charge in [0.15, 0.2) is 0 Å². The van der Waals surface area contributed by atoms with Crippen molar-refractivity contribution in [2.24, 2.45) is 0 Å². The third-order valence-electron chi connectivity index (χ3n) is 3.38. The van der Waals surface area contributed by atoms with Crippen LogP contribution in [0.1, 0.15) is 48.0 Å². The van der Waals surface area contributed by atoms with E-state index in [2.05, 4.69) is 4.74 Å². The van der Waals surface area contributed by atoms with E-state index >= 15 is 0 Å². The maximum Gasteiger partial charge on any atom is 0.412 e. The minimum absolute atomic E-state index is 0.160. The van der Waals surface area contributed by atoms with Crippen LogP contribution in [-0.4, -0.2) is 47.5 Å². The Balaban J connectivity index is 2.78. The average Bonchev–Trinajstić information content (AvgIpc) is 2.56. The highest BCUT2D eigenvalue weighted by atomic mass is 16.6. The summed E-state index contributed by atoms with van der Waals surface area (Å²) in [5.41, 5.74) is -1.32. The zero-order valence-corrected chi connectivity index (χ0v) is 14.5. The van der Waals surface area contributed by atoms with Gasteiger partial charge in [-0.05, 0) is 48.0 Å². The number of carbonyl (C=O) groups is 2. The predicted octanol–water partition coefficient (Wildman–Crippen LogP) is 2.87. The van der Waals surface area contributed by atoms with Crippen molar-refractivity contribution in [3.63, 3.8) is 0 Å². The van der Waals surface area contributed by atoms with Gasteiger partial charge in [0.05, 0.1) is 19.3 Å². The molecule has 0 spiro atoms. The number of hydrogen-bond acceptors (Lipinski definition) is 5. The van der Waals surface area contributed by atoms with Crippen LogP contribution < -0.4 is 0 Å². The summed E-state index contributed by atoms with van der Waals surface area (Å²) in [6, 6.07) is -0.160. The largest absolute Gasteiger partial charge is 0.466 e. The van der Waals surface area contributed by atoms with Gasteiger partial charge in [-0.15, -0.1) is 0 Å². The first-order chi connectivity index (χ1) is 9.98. The highest BCUT2D eigenvalue weighted by Gasteiger charge is 2.48. The van der Waals surface area contributed by atoms with Gasteiger partial charge in [0, 0.05) is 6.08 Å². The average molecular weight is 313 g/mol. The molecular formula is C16H27NO5. The molecule has 1 fully saturated rings. The third-order valence-corrected chi connectivity index (χ3v) is 3.38. The molecule has 0 aromatic carbocycles. The standard InChI is InChI=1S/C16H27NO5/c1-11-12(9-8-10-13(18)20-7)21-16(5,6)17(11)14(19)22-15(2,3)4/h8,10-12H,9H2,1-7H3/b10-8+/t11-,12-/m1/s1. The second kappa shape index (κ2) is 6.69. The van der Waals surface area contributed by atoms with Crippen molar-refractivity contribution in [2.45, 2.75) is 71.4 Å². The summed E-state index contributed by atoms with van der Waals surface area (Å²) >= 11 is 0. The van der Waals surface area contributed by atoms with E-state index in [0.29, 0.717) is 6.42 Å². The predicted molar refractivity (Wildman–Crippen MR) is 82.3 cm³/mol. The fourth-order valence-electron chi connectivity index (χ4n) is 2.49. The second-order valence-corrected chi connectivity index (χ2v) is 6.86. The maximum atomic E-state index is 12.4. The van der Waals surface area contributed by atoms with Crippen molar-refractivity contribution >= 4 is 12.1 Å².